The lowest BCUT2D eigenvalue weighted by molar-refractivity contribution is -0.166. The van der Waals surface area contributed by atoms with Crippen molar-refractivity contribution in [3.8, 4) is 11.1 Å². The van der Waals surface area contributed by atoms with Gasteiger partial charge in [0.15, 0.2) is 0 Å². The minimum absolute atomic E-state index is 0.0492. The first-order chi connectivity index (χ1) is 13.0. The van der Waals surface area contributed by atoms with Crippen molar-refractivity contribution in [3.63, 3.8) is 0 Å². The Kier molecular flexibility index (Phi) is 4.48. The van der Waals surface area contributed by atoms with E-state index in [0.29, 0.717) is 6.54 Å². The molecular formula is C22H24N2O3. The van der Waals surface area contributed by atoms with Crippen LogP contribution in [-0.4, -0.2) is 58.5 Å². The van der Waals surface area contributed by atoms with E-state index in [2.05, 4.69) is 55.5 Å². The molecule has 3 atom stereocenters. The minimum Gasteiger partial charge on any atom is -0.394 e. The average molecular weight is 364 g/mol. The molecule has 0 bridgehead atoms. The Morgan fingerprint density at radius 1 is 1.07 bits per heavy atom. The fraction of sp³-hybridized carbons (Fsp3) is 0.364. The van der Waals surface area contributed by atoms with Crippen LogP contribution < -0.4 is 0 Å². The minimum atomic E-state index is -0.207. The van der Waals surface area contributed by atoms with Crippen LogP contribution in [0.4, 0.5) is 0 Å². The van der Waals surface area contributed by atoms with Crippen molar-refractivity contribution in [1.82, 2.24) is 9.80 Å². The van der Waals surface area contributed by atoms with Gasteiger partial charge in [0.25, 0.3) is 0 Å². The summed E-state index contributed by atoms with van der Waals surface area (Å²) >= 11 is 0. The molecule has 1 N–H and O–H groups in total. The van der Waals surface area contributed by atoms with Gasteiger partial charge in [0.2, 0.25) is 11.8 Å². The molecule has 2 saturated heterocycles. The molecule has 27 heavy (non-hydrogen) atoms. The molecule has 4 rings (SSSR count). The predicted molar refractivity (Wildman–Crippen MR) is 103 cm³/mol. The zero-order valence-electron chi connectivity index (χ0n) is 15.6. The molecule has 0 unspecified atom stereocenters. The number of amides is 2. The monoisotopic (exact) mass is 364 g/mol. The first-order valence-corrected chi connectivity index (χ1v) is 9.34. The number of carbonyl (C=O) groups excluding carboxylic acids is 2. The molecule has 0 radical (unpaired) electrons. The highest BCUT2D eigenvalue weighted by Crippen LogP contribution is 2.43. The fourth-order valence-corrected chi connectivity index (χ4v) is 4.38. The zero-order chi connectivity index (χ0) is 19.1. The molecule has 2 aromatic rings. The molecule has 2 fully saturated rings. The highest BCUT2D eigenvalue weighted by Gasteiger charge is 2.54. The van der Waals surface area contributed by atoms with E-state index in [1.54, 1.807) is 9.80 Å². The van der Waals surface area contributed by atoms with Crippen LogP contribution in [0.2, 0.25) is 0 Å². The van der Waals surface area contributed by atoms with Gasteiger partial charge in [-0.1, -0.05) is 54.1 Å². The highest BCUT2D eigenvalue weighted by molar-refractivity contribution is 5.87. The van der Waals surface area contributed by atoms with E-state index < -0.39 is 0 Å². The van der Waals surface area contributed by atoms with Gasteiger partial charge >= 0.3 is 0 Å². The van der Waals surface area contributed by atoms with Crippen LogP contribution in [0.5, 0.6) is 0 Å². The summed E-state index contributed by atoms with van der Waals surface area (Å²) < 4.78 is 0. The van der Waals surface area contributed by atoms with Crippen LogP contribution in [0.15, 0.2) is 48.5 Å². The normalized spacial score (nSPS) is 24.4. The Hall–Kier alpha value is -2.66. The van der Waals surface area contributed by atoms with E-state index in [-0.39, 0.29) is 43.0 Å². The third-order valence-electron chi connectivity index (χ3n) is 5.88. The lowest BCUT2D eigenvalue weighted by Gasteiger charge is -2.58. The summed E-state index contributed by atoms with van der Waals surface area (Å²) in [7, 11) is 0. The standard InChI is InChI=1S/C22H24N2O3/c1-14-3-5-16(6-4-14)17-7-9-18(10-8-17)22-19-11-23(15(2)26)12-21(27)24(19)20(22)13-25/h3-10,19-20,22,25H,11-13H2,1-2H3/t19-,20+,22-/m0/s1. The summed E-state index contributed by atoms with van der Waals surface area (Å²) in [5, 5.41) is 9.83. The van der Waals surface area contributed by atoms with Gasteiger partial charge in [-0.2, -0.15) is 0 Å². The van der Waals surface area contributed by atoms with Gasteiger partial charge in [0.1, 0.15) is 0 Å². The molecule has 140 valence electrons. The molecule has 5 nitrogen and oxygen atoms in total. The van der Waals surface area contributed by atoms with Crippen LogP contribution >= 0.6 is 0 Å². The van der Waals surface area contributed by atoms with E-state index in [1.165, 1.54) is 12.5 Å². The van der Waals surface area contributed by atoms with Gasteiger partial charge in [-0.3, -0.25) is 9.59 Å². The van der Waals surface area contributed by atoms with Crippen LogP contribution in [0, 0.1) is 6.92 Å². The first-order valence-electron chi connectivity index (χ1n) is 9.34. The van der Waals surface area contributed by atoms with E-state index in [9.17, 15) is 14.7 Å². The van der Waals surface area contributed by atoms with Gasteiger partial charge in [-0.15, -0.1) is 0 Å². The van der Waals surface area contributed by atoms with Crippen molar-refractivity contribution in [1.29, 1.82) is 0 Å². The molecule has 0 saturated carbocycles. The van der Waals surface area contributed by atoms with Gasteiger partial charge in [0, 0.05) is 19.4 Å². The molecule has 5 heteroatoms. The Labute approximate surface area is 159 Å². The molecule has 2 aromatic carbocycles. The van der Waals surface area contributed by atoms with E-state index in [4.69, 9.17) is 0 Å². The van der Waals surface area contributed by atoms with Crippen LogP contribution in [0.25, 0.3) is 11.1 Å². The number of hydrogen-bond donors (Lipinski definition) is 1. The second kappa shape index (κ2) is 6.82. The number of aryl methyl sites for hydroxylation is 1. The Morgan fingerprint density at radius 2 is 1.67 bits per heavy atom. The van der Waals surface area contributed by atoms with Gasteiger partial charge in [-0.05, 0) is 23.6 Å². The van der Waals surface area contributed by atoms with Crippen LogP contribution in [-0.2, 0) is 9.59 Å². The molecule has 2 aliphatic rings. The van der Waals surface area contributed by atoms with Gasteiger partial charge in [-0.25, -0.2) is 0 Å². The summed E-state index contributed by atoms with van der Waals surface area (Å²) in [5.41, 5.74) is 4.63. The summed E-state index contributed by atoms with van der Waals surface area (Å²) in [6.45, 7) is 4.15. The largest absolute Gasteiger partial charge is 0.394 e. The van der Waals surface area contributed by atoms with Crippen molar-refractivity contribution in [2.75, 3.05) is 19.7 Å². The average Bonchev–Trinajstić information content (AvgIpc) is 2.64. The van der Waals surface area contributed by atoms with Crippen molar-refractivity contribution >= 4 is 11.8 Å². The molecule has 2 amide bonds. The van der Waals surface area contributed by atoms with Crippen molar-refractivity contribution in [3.05, 3.63) is 59.7 Å². The lowest BCUT2D eigenvalue weighted by atomic mass is 9.73. The third kappa shape index (κ3) is 3.02. The van der Waals surface area contributed by atoms with Crippen LogP contribution in [0.1, 0.15) is 24.0 Å². The zero-order valence-corrected chi connectivity index (χ0v) is 15.6. The smallest absolute Gasteiger partial charge is 0.242 e. The number of nitrogens with zero attached hydrogens (tertiary/aromatic N) is 2. The quantitative estimate of drug-likeness (QED) is 0.908. The molecule has 0 aromatic heterocycles. The Bertz CT molecular complexity index is 860. The van der Waals surface area contributed by atoms with Gasteiger partial charge in [0.05, 0.1) is 25.2 Å². The van der Waals surface area contributed by atoms with E-state index in [0.717, 1.165) is 16.7 Å². The molecule has 0 spiro atoms. The number of benzene rings is 2. The maximum Gasteiger partial charge on any atom is 0.242 e. The second-order valence-corrected chi connectivity index (χ2v) is 7.53. The number of fused-ring (bicyclic) bond motifs is 1. The number of hydrogen-bond acceptors (Lipinski definition) is 3. The summed E-state index contributed by atoms with van der Waals surface area (Å²) in [6, 6.07) is 16.5. The predicted octanol–water partition coefficient (Wildman–Crippen LogP) is 2.18. The number of aliphatic hydroxyl groups is 1. The number of aliphatic hydroxyl groups excluding tert-OH is 1. The van der Waals surface area contributed by atoms with E-state index in [1.807, 2.05) is 0 Å². The number of piperazine rings is 1. The maximum atomic E-state index is 12.4. The number of rotatable bonds is 3. The molecular weight excluding hydrogens is 340 g/mol. The molecule has 2 aliphatic heterocycles. The second-order valence-electron chi connectivity index (χ2n) is 7.53. The van der Waals surface area contributed by atoms with Crippen molar-refractivity contribution in [2.24, 2.45) is 0 Å². The number of carbonyl (C=O) groups is 2. The lowest BCUT2D eigenvalue weighted by Crippen LogP contribution is -2.73. The van der Waals surface area contributed by atoms with Crippen molar-refractivity contribution < 1.29 is 14.7 Å². The van der Waals surface area contributed by atoms with Crippen LogP contribution in [0.3, 0.4) is 0 Å². The summed E-state index contributed by atoms with van der Waals surface area (Å²) in [6.07, 6.45) is 0. The maximum absolute atomic E-state index is 12.4. The van der Waals surface area contributed by atoms with E-state index >= 15 is 0 Å². The first kappa shape index (κ1) is 17.7. The SMILES string of the molecule is CC(=O)N1CC(=O)N2[C@H](CO)[C@@H](c3ccc(-c4ccc(C)cc4)cc3)[C@@H]2C1. The Morgan fingerprint density at radius 3 is 2.22 bits per heavy atom. The summed E-state index contributed by atoms with van der Waals surface area (Å²) in [5.74, 6) is -0.106. The Balaban J connectivity index is 1.59. The topological polar surface area (TPSA) is 60.9 Å². The third-order valence-corrected chi connectivity index (χ3v) is 5.88. The molecule has 2 heterocycles. The van der Waals surface area contributed by atoms with Crippen molar-refractivity contribution in [2.45, 2.75) is 31.8 Å². The highest BCUT2D eigenvalue weighted by atomic mass is 16.3. The fourth-order valence-electron chi connectivity index (χ4n) is 4.38. The summed E-state index contributed by atoms with van der Waals surface area (Å²) in [4.78, 5) is 27.5. The molecule has 0 aliphatic carbocycles. The van der Waals surface area contributed by atoms with Gasteiger partial charge < -0.3 is 14.9 Å².